The first-order valence-electron chi connectivity index (χ1n) is 9.40. The van der Waals surface area contributed by atoms with Crippen molar-refractivity contribution in [2.24, 2.45) is 11.8 Å². The fourth-order valence-corrected chi connectivity index (χ4v) is 3.26. The van der Waals surface area contributed by atoms with Gasteiger partial charge in [0.05, 0.1) is 0 Å². The van der Waals surface area contributed by atoms with Gasteiger partial charge in [-0.15, -0.1) is 0 Å². The van der Waals surface area contributed by atoms with Crippen LogP contribution in [0, 0.1) is 11.8 Å². The van der Waals surface area contributed by atoms with Crippen LogP contribution in [0.3, 0.4) is 0 Å². The van der Waals surface area contributed by atoms with Gasteiger partial charge in [0, 0.05) is 12.5 Å². The maximum absolute atomic E-state index is 12.5. The van der Waals surface area contributed by atoms with Gasteiger partial charge in [-0.25, -0.2) is 0 Å². The van der Waals surface area contributed by atoms with Crippen molar-refractivity contribution < 1.29 is 4.79 Å². The first-order valence-corrected chi connectivity index (χ1v) is 9.40. The van der Waals surface area contributed by atoms with Crippen molar-refractivity contribution >= 4 is 16.7 Å². The van der Waals surface area contributed by atoms with Crippen LogP contribution in [0.25, 0.3) is 10.8 Å². The van der Waals surface area contributed by atoms with Gasteiger partial charge in [-0.3, -0.25) is 4.79 Å². The zero-order valence-electron chi connectivity index (χ0n) is 15.3. The molecule has 2 nitrogen and oxygen atoms in total. The Hall–Kier alpha value is -1.83. The highest BCUT2D eigenvalue weighted by molar-refractivity contribution is 5.86. The van der Waals surface area contributed by atoms with Crippen molar-refractivity contribution in [1.82, 2.24) is 5.32 Å². The molecule has 1 N–H and O–H groups in total. The molecule has 2 aromatic carbocycles. The molecule has 0 aliphatic heterocycles. The smallest absolute Gasteiger partial charge is 0.223 e. The van der Waals surface area contributed by atoms with Crippen LogP contribution in [0.5, 0.6) is 0 Å². The average molecular weight is 325 g/mol. The number of carbonyl (C=O) groups is 1. The highest BCUT2D eigenvalue weighted by atomic mass is 16.1. The summed E-state index contributed by atoms with van der Waals surface area (Å²) < 4.78 is 0. The van der Waals surface area contributed by atoms with E-state index < -0.39 is 0 Å². The van der Waals surface area contributed by atoms with Gasteiger partial charge in [0.1, 0.15) is 0 Å². The molecule has 0 unspecified atom stereocenters. The largest absolute Gasteiger partial charge is 0.356 e. The first kappa shape index (κ1) is 18.5. The molecule has 0 spiro atoms. The normalized spacial score (nSPS) is 13.6. The number of amides is 1. The van der Waals surface area contributed by atoms with Gasteiger partial charge >= 0.3 is 0 Å². The second-order valence-electron chi connectivity index (χ2n) is 6.91. The zero-order chi connectivity index (χ0) is 17.4. The molecule has 130 valence electrons. The molecular weight excluding hydrogens is 294 g/mol. The van der Waals surface area contributed by atoms with E-state index in [2.05, 4.69) is 61.6 Å². The maximum atomic E-state index is 12.5. The van der Waals surface area contributed by atoms with Crippen molar-refractivity contribution in [3.8, 4) is 0 Å². The summed E-state index contributed by atoms with van der Waals surface area (Å²) in [5.41, 5.74) is 1.26. The van der Waals surface area contributed by atoms with E-state index >= 15 is 0 Å². The molecule has 0 heterocycles. The predicted molar refractivity (Wildman–Crippen MR) is 103 cm³/mol. The van der Waals surface area contributed by atoms with Crippen LogP contribution in [0.4, 0.5) is 0 Å². The summed E-state index contributed by atoms with van der Waals surface area (Å²) in [6.07, 6.45) is 5.61. The lowest BCUT2D eigenvalue weighted by atomic mass is 9.95. The number of benzene rings is 2. The summed E-state index contributed by atoms with van der Waals surface area (Å²) in [5, 5.41) is 5.67. The van der Waals surface area contributed by atoms with Crippen molar-refractivity contribution in [3.05, 3.63) is 48.0 Å². The van der Waals surface area contributed by atoms with E-state index in [1.165, 1.54) is 35.6 Å². The van der Waals surface area contributed by atoms with E-state index in [-0.39, 0.29) is 11.8 Å². The van der Waals surface area contributed by atoms with Crippen molar-refractivity contribution in [2.75, 3.05) is 6.54 Å². The Morgan fingerprint density at radius 1 is 1.08 bits per heavy atom. The predicted octanol–water partition coefficient (Wildman–Crippen LogP) is 5.35. The second kappa shape index (κ2) is 9.46. The topological polar surface area (TPSA) is 29.1 Å². The summed E-state index contributed by atoms with van der Waals surface area (Å²) in [7, 11) is 0. The fourth-order valence-electron chi connectivity index (χ4n) is 3.26. The van der Waals surface area contributed by atoms with E-state index in [0.29, 0.717) is 5.92 Å². The molecule has 2 atom stereocenters. The minimum absolute atomic E-state index is 0.000475. The first-order chi connectivity index (χ1) is 11.7. The second-order valence-corrected chi connectivity index (χ2v) is 6.91. The highest BCUT2D eigenvalue weighted by Gasteiger charge is 2.16. The van der Waals surface area contributed by atoms with Crippen LogP contribution in [0.1, 0.15) is 52.0 Å². The van der Waals surface area contributed by atoms with Gasteiger partial charge in [0.2, 0.25) is 5.91 Å². The Balaban J connectivity index is 1.93. The summed E-state index contributed by atoms with van der Waals surface area (Å²) >= 11 is 0. The number of hydrogen-bond acceptors (Lipinski definition) is 1. The van der Waals surface area contributed by atoms with Crippen LogP contribution in [0.2, 0.25) is 0 Å². The van der Waals surface area contributed by atoms with Crippen LogP contribution in [-0.2, 0) is 11.2 Å². The summed E-state index contributed by atoms with van der Waals surface area (Å²) in [5.74, 6) is 0.788. The molecule has 1 amide bonds. The molecular formula is C22H31NO. The Morgan fingerprint density at radius 2 is 1.83 bits per heavy atom. The highest BCUT2D eigenvalue weighted by Crippen LogP contribution is 2.21. The molecule has 0 fully saturated rings. The molecule has 2 heteroatoms. The van der Waals surface area contributed by atoms with E-state index in [4.69, 9.17) is 0 Å². The van der Waals surface area contributed by atoms with E-state index in [1.807, 2.05) is 6.92 Å². The summed E-state index contributed by atoms with van der Waals surface area (Å²) in [6.45, 7) is 7.28. The van der Waals surface area contributed by atoms with Crippen molar-refractivity contribution in [1.29, 1.82) is 0 Å². The standard InChI is InChI=1S/C22H31NO/c1-4-6-10-18(5-2)16-23-22(24)17(3)15-20-13-9-12-19-11-7-8-14-21(19)20/h7-9,11-14,17-18H,4-6,10,15-16H2,1-3H3,(H,23,24)/t17-,18+/m1/s1. The summed E-state index contributed by atoms with van der Waals surface area (Å²) in [6, 6.07) is 14.8. The van der Waals surface area contributed by atoms with Crippen LogP contribution < -0.4 is 5.32 Å². The lowest BCUT2D eigenvalue weighted by Crippen LogP contribution is -2.34. The fraction of sp³-hybridized carbons (Fsp3) is 0.500. The lowest BCUT2D eigenvalue weighted by molar-refractivity contribution is -0.124. The van der Waals surface area contributed by atoms with Crippen LogP contribution in [0.15, 0.2) is 42.5 Å². The molecule has 2 rings (SSSR count). The van der Waals surface area contributed by atoms with Crippen LogP contribution >= 0.6 is 0 Å². The minimum Gasteiger partial charge on any atom is -0.356 e. The lowest BCUT2D eigenvalue weighted by Gasteiger charge is -2.18. The van der Waals surface area contributed by atoms with E-state index in [1.54, 1.807) is 0 Å². The van der Waals surface area contributed by atoms with Gasteiger partial charge < -0.3 is 5.32 Å². The number of hydrogen-bond donors (Lipinski definition) is 1. The van der Waals surface area contributed by atoms with Gasteiger partial charge in [0.15, 0.2) is 0 Å². The third-order valence-corrected chi connectivity index (χ3v) is 4.96. The van der Waals surface area contributed by atoms with E-state index in [0.717, 1.165) is 19.4 Å². The number of rotatable bonds is 9. The summed E-state index contributed by atoms with van der Waals surface area (Å²) in [4.78, 5) is 12.5. The Labute approximate surface area is 146 Å². The zero-order valence-corrected chi connectivity index (χ0v) is 15.3. The number of unbranched alkanes of at least 4 members (excludes halogenated alkanes) is 1. The molecule has 0 aliphatic carbocycles. The molecule has 0 saturated heterocycles. The molecule has 24 heavy (non-hydrogen) atoms. The van der Waals surface area contributed by atoms with Gasteiger partial charge in [-0.05, 0) is 35.1 Å². The monoisotopic (exact) mass is 325 g/mol. The third-order valence-electron chi connectivity index (χ3n) is 4.96. The average Bonchev–Trinajstić information content (AvgIpc) is 2.62. The van der Waals surface area contributed by atoms with Gasteiger partial charge in [-0.1, -0.05) is 82.5 Å². The SMILES string of the molecule is CCCC[C@H](CC)CNC(=O)[C@H](C)Cc1cccc2ccccc12. The van der Waals surface area contributed by atoms with Gasteiger partial charge in [0.25, 0.3) is 0 Å². The number of nitrogens with one attached hydrogen (secondary N) is 1. The molecule has 0 radical (unpaired) electrons. The van der Waals surface area contributed by atoms with Gasteiger partial charge in [-0.2, -0.15) is 0 Å². The van der Waals surface area contributed by atoms with E-state index in [9.17, 15) is 4.79 Å². The van der Waals surface area contributed by atoms with Crippen molar-refractivity contribution in [3.63, 3.8) is 0 Å². The Bertz CT molecular complexity index is 644. The Kier molecular flexibility index (Phi) is 7.30. The Morgan fingerprint density at radius 3 is 2.58 bits per heavy atom. The third kappa shape index (κ3) is 5.09. The van der Waals surface area contributed by atoms with Crippen LogP contribution in [-0.4, -0.2) is 12.5 Å². The molecule has 0 bridgehead atoms. The molecule has 0 aromatic heterocycles. The number of carbonyl (C=O) groups excluding carboxylic acids is 1. The quantitative estimate of drug-likeness (QED) is 0.661. The molecule has 0 aliphatic rings. The minimum atomic E-state index is -0.000475. The molecule has 0 saturated carbocycles. The maximum Gasteiger partial charge on any atom is 0.223 e. The van der Waals surface area contributed by atoms with Crippen molar-refractivity contribution in [2.45, 2.75) is 52.9 Å². The number of fused-ring (bicyclic) bond motifs is 1. The molecule has 2 aromatic rings.